The summed E-state index contributed by atoms with van der Waals surface area (Å²) in [6.45, 7) is 5.20. The van der Waals surface area contributed by atoms with Crippen LogP contribution in [0.25, 0.3) is 0 Å². The predicted molar refractivity (Wildman–Crippen MR) is 93.9 cm³/mol. The van der Waals surface area contributed by atoms with E-state index in [9.17, 15) is 9.90 Å². The maximum absolute atomic E-state index is 11.7. The number of aliphatic carboxylic acids is 1. The molecule has 0 bridgehead atoms. The molecule has 0 aliphatic heterocycles. The van der Waals surface area contributed by atoms with Crippen molar-refractivity contribution in [3.05, 3.63) is 59.7 Å². The zero-order valence-electron chi connectivity index (χ0n) is 14.2. The van der Waals surface area contributed by atoms with Crippen LogP contribution in [0.1, 0.15) is 37.3 Å². The second kappa shape index (κ2) is 8.96. The quantitative estimate of drug-likeness (QED) is 0.746. The van der Waals surface area contributed by atoms with E-state index >= 15 is 0 Å². The minimum atomic E-state index is -0.838. The van der Waals surface area contributed by atoms with Crippen molar-refractivity contribution in [1.82, 2.24) is 0 Å². The molecule has 128 valence electrons. The summed E-state index contributed by atoms with van der Waals surface area (Å²) in [6.07, 6.45) is 1.39. The standard InChI is InChI=1S/C20H24O4/c1-3-12-24-17-10-8-15(9-11-17)13-19(20(21)22)16-6-5-7-18(14-16)23-4-2/h5-11,14,19H,3-4,12-13H2,1-2H3,(H,21,22). The van der Waals surface area contributed by atoms with Gasteiger partial charge in [0, 0.05) is 0 Å². The molecular formula is C20H24O4. The summed E-state index contributed by atoms with van der Waals surface area (Å²) in [5.74, 6) is 0.0677. The Morgan fingerprint density at radius 1 is 1.04 bits per heavy atom. The fourth-order valence-corrected chi connectivity index (χ4v) is 2.51. The minimum Gasteiger partial charge on any atom is -0.494 e. The first-order valence-electron chi connectivity index (χ1n) is 8.31. The largest absolute Gasteiger partial charge is 0.494 e. The molecule has 0 aliphatic rings. The number of carbonyl (C=O) groups is 1. The number of carboxylic acid groups (broad SMARTS) is 1. The Labute approximate surface area is 143 Å². The Balaban J connectivity index is 2.13. The lowest BCUT2D eigenvalue weighted by Crippen LogP contribution is -2.14. The Hall–Kier alpha value is -2.49. The number of rotatable bonds is 9. The van der Waals surface area contributed by atoms with E-state index in [0.717, 1.165) is 23.3 Å². The van der Waals surface area contributed by atoms with Crippen molar-refractivity contribution < 1.29 is 19.4 Å². The van der Waals surface area contributed by atoms with Gasteiger partial charge >= 0.3 is 5.97 Å². The molecule has 0 heterocycles. The van der Waals surface area contributed by atoms with Crippen LogP contribution in [0.15, 0.2) is 48.5 Å². The van der Waals surface area contributed by atoms with Crippen LogP contribution >= 0.6 is 0 Å². The summed E-state index contributed by atoms with van der Waals surface area (Å²) in [4.78, 5) is 11.7. The van der Waals surface area contributed by atoms with Crippen LogP contribution < -0.4 is 9.47 Å². The van der Waals surface area contributed by atoms with Crippen molar-refractivity contribution in [2.75, 3.05) is 13.2 Å². The molecule has 0 saturated heterocycles. The van der Waals surface area contributed by atoms with E-state index in [0.29, 0.717) is 25.4 Å². The number of hydrogen-bond acceptors (Lipinski definition) is 3. The Bertz CT molecular complexity index is 649. The van der Waals surface area contributed by atoms with Crippen LogP contribution in [0.4, 0.5) is 0 Å². The predicted octanol–water partition coefficient (Wildman–Crippen LogP) is 4.29. The fourth-order valence-electron chi connectivity index (χ4n) is 2.51. The van der Waals surface area contributed by atoms with E-state index in [1.165, 1.54) is 0 Å². The van der Waals surface area contributed by atoms with Gasteiger partial charge in [-0.25, -0.2) is 0 Å². The molecule has 0 aromatic heterocycles. The second-order valence-corrected chi connectivity index (χ2v) is 5.59. The lowest BCUT2D eigenvalue weighted by Gasteiger charge is -2.15. The van der Waals surface area contributed by atoms with Gasteiger partial charge in [-0.2, -0.15) is 0 Å². The summed E-state index contributed by atoms with van der Waals surface area (Å²) < 4.78 is 11.0. The summed E-state index contributed by atoms with van der Waals surface area (Å²) in [5.41, 5.74) is 1.72. The Morgan fingerprint density at radius 2 is 1.79 bits per heavy atom. The van der Waals surface area contributed by atoms with Gasteiger partial charge in [-0.15, -0.1) is 0 Å². The molecule has 4 nitrogen and oxygen atoms in total. The first-order chi connectivity index (χ1) is 11.6. The van der Waals surface area contributed by atoms with Gasteiger partial charge in [0.2, 0.25) is 0 Å². The van der Waals surface area contributed by atoms with Crippen molar-refractivity contribution in [2.24, 2.45) is 0 Å². The molecule has 0 aliphatic carbocycles. The second-order valence-electron chi connectivity index (χ2n) is 5.59. The Kier molecular flexibility index (Phi) is 6.67. The molecule has 2 aromatic rings. The van der Waals surface area contributed by atoms with Gasteiger partial charge in [-0.1, -0.05) is 31.2 Å². The molecule has 0 radical (unpaired) electrons. The molecule has 1 unspecified atom stereocenters. The van der Waals surface area contributed by atoms with Crippen molar-refractivity contribution in [1.29, 1.82) is 0 Å². The maximum Gasteiger partial charge on any atom is 0.311 e. The normalized spacial score (nSPS) is 11.8. The third-order valence-electron chi connectivity index (χ3n) is 3.71. The topological polar surface area (TPSA) is 55.8 Å². The molecule has 1 N–H and O–H groups in total. The molecule has 4 heteroatoms. The van der Waals surface area contributed by atoms with Gasteiger partial charge in [0.05, 0.1) is 19.1 Å². The zero-order valence-corrected chi connectivity index (χ0v) is 14.2. The fraction of sp³-hybridized carbons (Fsp3) is 0.350. The van der Waals surface area contributed by atoms with E-state index in [2.05, 4.69) is 6.92 Å². The van der Waals surface area contributed by atoms with Crippen molar-refractivity contribution in [2.45, 2.75) is 32.6 Å². The van der Waals surface area contributed by atoms with Crippen molar-refractivity contribution in [3.63, 3.8) is 0 Å². The van der Waals surface area contributed by atoms with Crippen LogP contribution in [-0.2, 0) is 11.2 Å². The smallest absolute Gasteiger partial charge is 0.311 e. The summed E-state index contributed by atoms with van der Waals surface area (Å²) in [6, 6.07) is 14.9. The SMILES string of the molecule is CCCOc1ccc(CC(C(=O)O)c2cccc(OCC)c2)cc1. The number of hydrogen-bond donors (Lipinski definition) is 1. The highest BCUT2D eigenvalue weighted by atomic mass is 16.5. The van der Waals surface area contributed by atoms with E-state index in [4.69, 9.17) is 9.47 Å². The van der Waals surface area contributed by atoms with Gasteiger partial charge in [0.1, 0.15) is 11.5 Å². The van der Waals surface area contributed by atoms with Crippen molar-refractivity contribution in [3.8, 4) is 11.5 Å². The molecular weight excluding hydrogens is 304 g/mol. The molecule has 0 spiro atoms. The van der Waals surface area contributed by atoms with Crippen LogP contribution in [-0.4, -0.2) is 24.3 Å². The average molecular weight is 328 g/mol. The number of carboxylic acids is 1. The summed E-state index contributed by atoms with van der Waals surface area (Å²) in [7, 11) is 0. The molecule has 2 rings (SSSR count). The molecule has 0 saturated carbocycles. The third-order valence-corrected chi connectivity index (χ3v) is 3.71. The van der Waals surface area contributed by atoms with E-state index in [1.807, 2.05) is 49.4 Å². The zero-order chi connectivity index (χ0) is 17.4. The molecule has 1 atom stereocenters. The van der Waals surface area contributed by atoms with Crippen LogP contribution in [0.2, 0.25) is 0 Å². The van der Waals surface area contributed by atoms with Gasteiger partial charge in [0.15, 0.2) is 0 Å². The molecule has 24 heavy (non-hydrogen) atoms. The first kappa shape index (κ1) is 17.9. The van der Waals surface area contributed by atoms with Gasteiger partial charge < -0.3 is 14.6 Å². The Morgan fingerprint density at radius 3 is 2.42 bits per heavy atom. The first-order valence-corrected chi connectivity index (χ1v) is 8.31. The molecule has 0 fully saturated rings. The monoisotopic (exact) mass is 328 g/mol. The highest BCUT2D eigenvalue weighted by Gasteiger charge is 2.21. The number of ether oxygens (including phenoxy) is 2. The molecule has 0 amide bonds. The molecule has 2 aromatic carbocycles. The van der Waals surface area contributed by atoms with E-state index in [1.54, 1.807) is 6.07 Å². The van der Waals surface area contributed by atoms with Crippen LogP contribution in [0.5, 0.6) is 11.5 Å². The van der Waals surface area contributed by atoms with Crippen molar-refractivity contribution >= 4 is 5.97 Å². The maximum atomic E-state index is 11.7. The highest BCUT2D eigenvalue weighted by Crippen LogP contribution is 2.26. The van der Waals surface area contributed by atoms with Crippen LogP contribution in [0.3, 0.4) is 0 Å². The minimum absolute atomic E-state index is 0.430. The van der Waals surface area contributed by atoms with Gasteiger partial charge in [-0.3, -0.25) is 4.79 Å². The van der Waals surface area contributed by atoms with E-state index < -0.39 is 11.9 Å². The van der Waals surface area contributed by atoms with Gasteiger partial charge in [0.25, 0.3) is 0 Å². The van der Waals surface area contributed by atoms with E-state index in [-0.39, 0.29) is 0 Å². The van der Waals surface area contributed by atoms with Gasteiger partial charge in [-0.05, 0) is 55.2 Å². The summed E-state index contributed by atoms with van der Waals surface area (Å²) in [5, 5.41) is 9.61. The lowest BCUT2D eigenvalue weighted by molar-refractivity contribution is -0.138. The summed E-state index contributed by atoms with van der Waals surface area (Å²) >= 11 is 0. The lowest BCUT2D eigenvalue weighted by atomic mass is 9.92. The number of benzene rings is 2. The third kappa shape index (κ3) is 5.01. The van der Waals surface area contributed by atoms with Crippen LogP contribution in [0, 0.1) is 0 Å². The average Bonchev–Trinajstić information content (AvgIpc) is 2.59. The highest BCUT2D eigenvalue weighted by molar-refractivity contribution is 5.76.